The fourth-order valence-corrected chi connectivity index (χ4v) is 3.89. The molecule has 0 saturated carbocycles. The van der Waals surface area contributed by atoms with Crippen LogP contribution >= 0.6 is 0 Å². The van der Waals surface area contributed by atoms with Crippen LogP contribution in [0.2, 0.25) is 0 Å². The Labute approximate surface area is 159 Å². The van der Waals surface area contributed by atoms with Gasteiger partial charge in [0.1, 0.15) is 5.75 Å². The Balaban J connectivity index is 1.57. The Kier molecular flexibility index (Phi) is 3.93. The van der Waals surface area contributed by atoms with Gasteiger partial charge < -0.3 is 9.30 Å². The van der Waals surface area contributed by atoms with Crippen LogP contribution < -0.4 is 4.74 Å². The van der Waals surface area contributed by atoms with Crippen LogP contribution in [0, 0.1) is 6.92 Å². The molecule has 0 radical (unpaired) electrons. The van der Waals surface area contributed by atoms with E-state index < -0.39 is 0 Å². The van der Waals surface area contributed by atoms with Crippen molar-refractivity contribution in [2.45, 2.75) is 32.4 Å². The number of imidazole rings is 1. The molecule has 4 aromatic rings. The van der Waals surface area contributed by atoms with E-state index in [2.05, 4.69) is 72.2 Å². The predicted octanol–water partition coefficient (Wildman–Crippen LogP) is 5.46. The van der Waals surface area contributed by atoms with Gasteiger partial charge in [-0.2, -0.15) is 0 Å². The summed E-state index contributed by atoms with van der Waals surface area (Å²) >= 11 is 0. The van der Waals surface area contributed by atoms with Crippen LogP contribution in [0.1, 0.15) is 35.0 Å². The molecule has 0 bridgehead atoms. The molecule has 3 heteroatoms. The lowest BCUT2D eigenvalue weighted by Gasteiger charge is -2.26. The van der Waals surface area contributed by atoms with Gasteiger partial charge in [0.05, 0.1) is 11.0 Å². The Bertz CT molecular complexity index is 1100. The summed E-state index contributed by atoms with van der Waals surface area (Å²) in [5.74, 6) is 2.01. The van der Waals surface area contributed by atoms with E-state index in [1.165, 1.54) is 16.7 Å². The maximum atomic E-state index is 6.36. The Morgan fingerprint density at radius 3 is 2.63 bits per heavy atom. The second-order valence-corrected chi connectivity index (χ2v) is 7.28. The van der Waals surface area contributed by atoms with Gasteiger partial charge in [-0.25, -0.2) is 4.98 Å². The SMILES string of the molecule is Cc1ccc(Cn2c(C3CCc4ccccc4O3)nc3ccccc32)cc1. The van der Waals surface area contributed by atoms with Gasteiger partial charge in [0, 0.05) is 6.54 Å². The third-order valence-electron chi connectivity index (χ3n) is 5.35. The highest BCUT2D eigenvalue weighted by Crippen LogP contribution is 2.35. The molecule has 3 nitrogen and oxygen atoms in total. The number of hydrogen-bond acceptors (Lipinski definition) is 2. The van der Waals surface area contributed by atoms with Gasteiger partial charge in [-0.15, -0.1) is 0 Å². The standard InChI is InChI=1S/C24H22N2O/c1-17-10-12-18(13-11-17)16-26-21-8-4-3-7-20(21)25-24(26)23-15-14-19-6-2-5-9-22(19)27-23/h2-13,23H,14-16H2,1H3. The minimum Gasteiger partial charge on any atom is -0.482 e. The summed E-state index contributed by atoms with van der Waals surface area (Å²) in [6.07, 6.45) is 1.96. The molecule has 0 amide bonds. The van der Waals surface area contributed by atoms with Gasteiger partial charge in [0.15, 0.2) is 11.9 Å². The average Bonchev–Trinajstić information content (AvgIpc) is 3.08. The molecular weight excluding hydrogens is 332 g/mol. The van der Waals surface area contributed by atoms with E-state index in [9.17, 15) is 0 Å². The first-order chi connectivity index (χ1) is 13.3. The fourth-order valence-electron chi connectivity index (χ4n) is 3.89. The van der Waals surface area contributed by atoms with Crippen LogP contribution in [-0.2, 0) is 13.0 Å². The number of ether oxygens (including phenoxy) is 1. The van der Waals surface area contributed by atoms with E-state index in [1.54, 1.807) is 0 Å². The Morgan fingerprint density at radius 1 is 0.963 bits per heavy atom. The van der Waals surface area contributed by atoms with Crippen molar-refractivity contribution in [3.05, 3.63) is 95.3 Å². The molecule has 1 unspecified atom stereocenters. The van der Waals surface area contributed by atoms with Crippen molar-refractivity contribution in [2.24, 2.45) is 0 Å². The molecule has 27 heavy (non-hydrogen) atoms. The highest BCUT2D eigenvalue weighted by Gasteiger charge is 2.26. The molecule has 1 atom stereocenters. The molecule has 0 saturated heterocycles. The largest absolute Gasteiger partial charge is 0.482 e. The molecule has 0 aliphatic carbocycles. The lowest BCUT2D eigenvalue weighted by atomic mass is 10.0. The van der Waals surface area contributed by atoms with Crippen molar-refractivity contribution in [2.75, 3.05) is 0 Å². The number of aryl methyl sites for hydroxylation is 2. The van der Waals surface area contributed by atoms with E-state index >= 15 is 0 Å². The molecule has 0 spiro atoms. The van der Waals surface area contributed by atoms with Gasteiger partial charge >= 0.3 is 0 Å². The average molecular weight is 354 g/mol. The molecular formula is C24H22N2O. The fraction of sp³-hybridized carbons (Fsp3) is 0.208. The predicted molar refractivity (Wildman–Crippen MR) is 108 cm³/mol. The smallest absolute Gasteiger partial charge is 0.157 e. The zero-order valence-electron chi connectivity index (χ0n) is 15.4. The first-order valence-corrected chi connectivity index (χ1v) is 9.53. The van der Waals surface area contributed by atoms with E-state index in [0.29, 0.717) is 0 Å². The van der Waals surface area contributed by atoms with Crippen LogP contribution in [0.5, 0.6) is 5.75 Å². The zero-order valence-corrected chi connectivity index (χ0v) is 15.4. The summed E-state index contributed by atoms with van der Waals surface area (Å²) in [5, 5.41) is 0. The van der Waals surface area contributed by atoms with Crippen molar-refractivity contribution in [1.82, 2.24) is 9.55 Å². The third-order valence-corrected chi connectivity index (χ3v) is 5.35. The highest BCUT2D eigenvalue weighted by molar-refractivity contribution is 5.76. The van der Waals surface area contributed by atoms with Crippen molar-refractivity contribution in [3.8, 4) is 5.75 Å². The molecule has 0 N–H and O–H groups in total. The van der Waals surface area contributed by atoms with E-state index in [-0.39, 0.29) is 6.10 Å². The second-order valence-electron chi connectivity index (χ2n) is 7.28. The van der Waals surface area contributed by atoms with Crippen LogP contribution in [0.15, 0.2) is 72.8 Å². The minimum atomic E-state index is -0.0160. The first kappa shape index (κ1) is 16.1. The number of benzene rings is 3. The van der Waals surface area contributed by atoms with E-state index in [0.717, 1.165) is 42.0 Å². The van der Waals surface area contributed by atoms with E-state index in [1.807, 2.05) is 12.1 Å². The monoisotopic (exact) mass is 354 g/mol. The minimum absolute atomic E-state index is 0.0160. The van der Waals surface area contributed by atoms with Crippen molar-refractivity contribution >= 4 is 11.0 Å². The van der Waals surface area contributed by atoms with Gasteiger partial charge in [-0.1, -0.05) is 60.2 Å². The van der Waals surface area contributed by atoms with Crippen LogP contribution in [-0.4, -0.2) is 9.55 Å². The maximum absolute atomic E-state index is 6.36. The molecule has 1 aliphatic heterocycles. The van der Waals surface area contributed by atoms with Gasteiger partial charge in [0.2, 0.25) is 0 Å². The Morgan fingerprint density at radius 2 is 1.74 bits per heavy atom. The first-order valence-electron chi connectivity index (χ1n) is 9.53. The molecule has 3 aromatic carbocycles. The lowest BCUT2D eigenvalue weighted by Crippen LogP contribution is -2.19. The number of fused-ring (bicyclic) bond motifs is 2. The summed E-state index contributed by atoms with van der Waals surface area (Å²) in [5.41, 5.74) is 6.04. The molecule has 0 fully saturated rings. The van der Waals surface area contributed by atoms with Crippen molar-refractivity contribution < 1.29 is 4.74 Å². The normalized spacial score (nSPS) is 16.1. The number of aromatic nitrogens is 2. The lowest BCUT2D eigenvalue weighted by molar-refractivity contribution is 0.164. The number of hydrogen-bond donors (Lipinski definition) is 0. The van der Waals surface area contributed by atoms with Crippen molar-refractivity contribution in [1.29, 1.82) is 0 Å². The second kappa shape index (κ2) is 6.58. The van der Waals surface area contributed by atoms with Crippen molar-refractivity contribution in [3.63, 3.8) is 0 Å². The third kappa shape index (κ3) is 2.99. The molecule has 1 aromatic heterocycles. The summed E-state index contributed by atoms with van der Waals surface area (Å²) < 4.78 is 8.68. The van der Waals surface area contributed by atoms with Crippen LogP contribution in [0.3, 0.4) is 0 Å². The topological polar surface area (TPSA) is 27.1 Å². The van der Waals surface area contributed by atoms with Crippen LogP contribution in [0.4, 0.5) is 0 Å². The maximum Gasteiger partial charge on any atom is 0.157 e. The summed E-state index contributed by atoms with van der Waals surface area (Å²) in [6.45, 7) is 2.92. The van der Waals surface area contributed by atoms with Gasteiger partial charge in [-0.05, 0) is 49.1 Å². The number of rotatable bonds is 3. The van der Waals surface area contributed by atoms with Gasteiger partial charge in [0.25, 0.3) is 0 Å². The summed E-state index contributed by atoms with van der Waals surface area (Å²) in [6, 6.07) is 25.4. The summed E-state index contributed by atoms with van der Waals surface area (Å²) in [4.78, 5) is 4.96. The summed E-state index contributed by atoms with van der Waals surface area (Å²) in [7, 11) is 0. The highest BCUT2D eigenvalue weighted by atomic mass is 16.5. The number of nitrogens with zero attached hydrogens (tertiary/aromatic N) is 2. The van der Waals surface area contributed by atoms with Crippen LogP contribution in [0.25, 0.3) is 11.0 Å². The van der Waals surface area contributed by atoms with Gasteiger partial charge in [-0.3, -0.25) is 0 Å². The molecule has 2 heterocycles. The zero-order chi connectivity index (χ0) is 18.2. The molecule has 1 aliphatic rings. The number of para-hydroxylation sites is 3. The molecule has 5 rings (SSSR count). The quantitative estimate of drug-likeness (QED) is 0.488. The van der Waals surface area contributed by atoms with E-state index in [4.69, 9.17) is 9.72 Å². The Hall–Kier alpha value is -3.07. The molecule has 134 valence electrons.